The third-order valence-corrected chi connectivity index (χ3v) is 3.44. The second kappa shape index (κ2) is 4.23. The summed E-state index contributed by atoms with van der Waals surface area (Å²) < 4.78 is 0. The van der Waals surface area contributed by atoms with Gasteiger partial charge in [0.1, 0.15) is 0 Å². The number of hydrogen-bond donors (Lipinski definition) is 1. The van der Waals surface area contributed by atoms with Crippen molar-refractivity contribution in [1.29, 1.82) is 0 Å². The number of rotatable bonds is 3. The van der Waals surface area contributed by atoms with Crippen molar-refractivity contribution in [2.24, 2.45) is 0 Å². The normalized spacial score (nSPS) is 16.6. The van der Waals surface area contributed by atoms with E-state index in [0.717, 1.165) is 6.54 Å². The van der Waals surface area contributed by atoms with E-state index in [4.69, 9.17) is 0 Å². The van der Waals surface area contributed by atoms with E-state index < -0.39 is 0 Å². The molecule has 1 atom stereocenters. The molecule has 2 heteroatoms. The minimum absolute atomic E-state index is 0.455. The molecule has 1 aliphatic rings. The molecule has 0 saturated heterocycles. The number of anilines is 1. The minimum atomic E-state index is 0.455. The first-order valence-corrected chi connectivity index (χ1v) is 5.82. The van der Waals surface area contributed by atoms with Crippen LogP contribution in [0.4, 0.5) is 5.69 Å². The van der Waals surface area contributed by atoms with Gasteiger partial charge in [0.05, 0.1) is 0 Å². The van der Waals surface area contributed by atoms with E-state index in [2.05, 4.69) is 42.3 Å². The predicted molar refractivity (Wildman–Crippen MR) is 65.5 cm³/mol. The summed E-state index contributed by atoms with van der Waals surface area (Å²) in [5.41, 5.74) is 4.45. The summed E-state index contributed by atoms with van der Waals surface area (Å²) in [5.74, 6) is 0. The fourth-order valence-electron chi connectivity index (χ4n) is 2.42. The molecule has 1 aromatic rings. The highest BCUT2D eigenvalue weighted by Gasteiger charge is 2.21. The summed E-state index contributed by atoms with van der Waals surface area (Å²) >= 11 is 0. The van der Waals surface area contributed by atoms with E-state index >= 15 is 0 Å². The first kappa shape index (κ1) is 10.5. The van der Waals surface area contributed by atoms with Crippen molar-refractivity contribution in [2.75, 3.05) is 25.0 Å². The summed E-state index contributed by atoms with van der Waals surface area (Å²) in [6.07, 6.45) is 1.20. The molecule has 0 spiro atoms. The van der Waals surface area contributed by atoms with Crippen LogP contribution in [0.3, 0.4) is 0 Å². The average Bonchev–Trinajstić information content (AvgIpc) is 2.70. The third kappa shape index (κ3) is 1.74. The highest BCUT2D eigenvalue weighted by molar-refractivity contribution is 5.61. The Kier molecular flexibility index (Phi) is 2.96. The molecule has 0 fully saturated rings. The molecule has 1 N–H and O–H groups in total. The molecular weight excluding hydrogens is 184 g/mol. The zero-order chi connectivity index (χ0) is 10.8. The molecular formula is C13H20N2. The van der Waals surface area contributed by atoms with Crippen LogP contribution in [0, 0.1) is 0 Å². The van der Waals surface area contributed by atoms with E-state index in [0.29, 0.717) is 6.04 Å². The third-order valence-electron chi connectivity index (χ3n) is 3.44. The molecule has 0 amide bonds. The lowest BCUT2D eigenvalue weighted by Gasteiger charge is -2.19. The van der Waals surface area contributed by atoms with Crippen LogP contribution in [0.5, 0.6) is 0 Å². The first-order chi connectivity index (χ1) is 7.27. The zero-order valence-electron chi connectivity index (χ0n) is 9.88. The zero-order valence-corrected chi connectivity index (χ0v) is 9.88. The van der Waals surface area contributed by atoms with Gasteiger partial charge in [0.15, 0.2) is 0 Å². The molecule has 0 bridgehead atoms. The Balaban J connectivity index is 2.39. The van der Waals surface area contributed by atoms with Crippen LogP contribution in [0.2, 0.25) is 0 Å². The SMILES string of the molecule is CCN1CCc2c(C(C)NC)cccc21. The Hall–Kier alpha value is -1.02. The van der Waals surface area contributed by atoms with Gasteiger partial charge in [-0.05, 0) is 44.5 Å². The molecule has 82 valence electrons. The number of hydrogen-bond acceptors (Lipinski definition) is 2. The Labute approximate surface area is 92.3 Å². The Morgan fingerprint density at radius 1 is 1.47 bits per heavy atom. The minimum Gasteiger partial charge on any atom is -0.371 e. The molecule has 0 aliphatic carbocycles. The van der Waals surface area contributed by atoms with Crippen LogP contribution in [-0.2, 0) is 6.42 Å². The van der Waals surface area contributed by atoms with Crippen LogP contribution in [-0.4, -0.2) is 20.1 Å². The summed E-state index contributed by atoms with van der Waals surface area (Å²) in [7, 11) is 2.02. The van der Waals surface area contributed by atoms with Gasteiger partial charge >= 0.3 is 0 Å². The highest BCUT2D eigenvalue weighted by Crippen LogP contribution is 2.32. The molecule has 1 aromatic carbocycles. The monoisotopic (exact) mass is 204 g/mol. The van der Waals surface area contributed by atoms with Crippen molar-refractivity contribution in [1.82, 2.24) is 5.32 Å². The molecule has 15 heavy (non-hydrogen) atoms. The van der Waals surface area contributed by atoms with E-state index in [1.165, 1.54) is 24.2 Å². The van der Waals surface area contributed by atoms with Gasteiger partial charge in [-0.1, -0.05) is 12.1 Å². The molecule has 0 saturated carbocycles. The van der Waals surface area contributed by atoms with Gasteiger partial charge in [0.2, 0.25) is 0 Å². The number of fused-ring (bicyclic) bond motifs is 1. The maximum Gasteiger partial charge on any atom is 0.0402 e. The van der Waals surface area contributed by atoms with E-state index in [-0.39, 0.29) is 0 Å². The molecule has 0 radical (unpaired) electrons. The highest BCUT2D eigenvalue weighted by atomic mass is 15.1. The molecule has 2 rings (SSSR count). The molecule has 0 aromatic heterocycles. The van der Waals surface area contributed by atoms with Crippen molar-refractivity contribution >= 4 is 5.69 Å². The molecule has 1 aliphatic heterocycles. The summed E-state index contributed by atoms with van der Waals surface area (Å²) in [5, 5.41) is 3.33. The van der Waals surface area contributed by atoms with Gasteiger partial charge in [-0.3, -0.25) is 0 Å². The van der Waals surface area contributed by atoms with Crippen molar-refractivity contribution in [3.63, 3.8) is 0 Å². The van der Waals surface area contributed by atoms with Crippen LogP contribution in [0.15, 0.2) is 18.2 Å². The maximum absolute atomic E-state index is 3.33. The van der Waals surface area contributed by atoms with Crippen molar-refractivity contribution in [2.45, 2.75) is 26.3 Å². The summed E-state index contributed by atoms with van der Waals surface area (Å²) in [4.78, 5) is 2.46. The maximum atomic E-state index is 3.33. The lowest BCUT2D eigenvalue weighted by atomic mass is 9.99. The van der Waals surface area contributed by atoms with Gasteiger partial charge in [-0.15, -0.1) is 0 Å². The first-order valence-electron chi connectivity index (χ1n) is 5.82. The molecule has 1 unspecified atom stereocenters. The molecule has 1 heterocycles. The van der Waals surface area contributed by atoms with E-state index in [1.807, 2.05) is 7.05 Å². The van der Waals surface area contributed by atoms with Gasteiger partial charge in [0, 0.05) is 24.8 Å². The smallest absolute Gasteiger partial charge is 0.0402 e. The fourth-order valence-corrected chi connectivity index (χ4v) is 2.42. The standard InChI is InChI=1S/C13H20N2/c1-4-15-9-8-12-11(10(2)14-3)6-5-7-13(12)15/h5-7,10,14H,4,8-9H2,1-3H3. The topological polar surface area (TPSA) is 15.3 Å². The lowest BCUT2D eigenvalue weighted by Crippen LogP contribution is -2.19. The quantitative estimate of drug-likeness (QED) is 0.813. The van der Waals surface area contributed by atoms with Crippen molar-refractivity contribution < 1.29 is 0 Å². The lowest BCUT2D eigenvalue weighted by molar-refractivity contribution is 0.647. The van der Waals surface area contributed by atoms with Gasteiger partial charge in [-0.25, -0.2) is 0 Å². The van der Waals surface area contributed by atoms with Crippen LogP contribution in [0.25, 0.3) is 0 Å². The second-order valence-electron chi connectivity index (χ2n) is 4.18. The number of nitrogens with one attached hydrogen (secondary N) is 1. The molecule has 2 nitrogen and oxygen atoms in total. The Bertz CT molecular complexity index is 346. The number of nitrogens with zero attached hydrogens (tertiary/aromatic N) is 1. The van der Waals surface area contributed by atoms with Gasteiger partial charge in [0.25, 0.3) is 0 Å². The predicted octanol–water partition coefficient (Wildman–Crippen LogP) is 2.35. The second-order valence-corrected chi connectivity index (χ2v) is 4.18. The summed E-state index contributed by atoms with van der Waals surface area (Å²) in [6.45, 7) is 6.75. The number of benzene rings is 1. The largest absolute Gasteiger partial charge is 0.371 e. The van der Waals surface area contributed by atoms with Gasteiger partial charge < -0.3 is 10.2 Å². The van der Waals surface area contributed by atoms with Gasteiger partial charge in [-0.2, -0.15) is 0 Å². The van der Waals surface area contributed by atoms with Crippen molar-refractivity contribution in [3.05, 3.63) is 29.3 Å². The van der Waals surface area contributed by atoms with E-state index in [9.17, 15) is 0 Å². The summed E-state index contributed by atoms with van der Waals surface area (Å²) in [6, 6.07) is 7.13. The number of likely N-dealkylation sites (N-methyl/N-ethyl adjacent to an activating group) is 1. The fraction of sp³-hybridized carbons (Fsp3) is 0.538. The van der Waals surface area contributed by atoms with E-state index in [1.54, 1.807) is 5.56 Å². The Morgan fingerprint density at radius 2 is 2.27 bits per heavy atom. The Morgan fingerprint density at radius 3 is 2.93 bits per heavy atom. The average molecular weight is 204 g/mol. The van der Waals surface area contributed by atoms with Crippen LogP contribution >= 0.6 is 0 Å². The van der Waals surface area contributed by atoms with Crippen LogP contribution < -0.4 is 10.2 Å². The van der Waals surface area contributed by atoms with Crippen LogP contribution in [0.1, 0.15) is 31.0 Å². The van der Waals surface area contributed by atoms with Crippen molar-refractivity contribution in [3.8, 4) is 0 Å².